The molecular weight excluding hydrogens is 551 g/mol. The molecule has 0 saturated carbocycles. The van der Waals surface area contributed by atoms with Gasteiger partial charge in [0.1, 0.15) is 11.0 Å². The summed E-state index contributed by atoms with van der Waals surface area (Å²) >= 11 is 13.8. The van der Waals surface area contributed by atoms with Crippen LogP contribution in [0.15, 0.2) is 71.9 Å². The lowest BCUT2D eigenvalue weighted by molar-refractivity contribution is -0.128. The van der Waals surface area contributed by atoms with Gasteiger partial charge in [0.25, 0.3) is 0 Å². The van der Waals surface area contributed by atoms with Crippen LogP contribution in [0, 0.1) is 0 Å². The van der Waals surface area contributed by atoms with Crippen molar-refractivity contribution in [1.82, 2.24) is 19.8 Å². The van der Waals surface area contributed by atoms with Gasteiger partial charge in [0, 0.05) is 75.7 Å². The molecule has 3 aromatic rings. The van der Waals surface area contributed by atoms with Crippen LogP contribution in [0.4, 0.5) is 11.5 Å². The average molecular weight is 584 g/mol. The number of rotatable bonds is 8. The van der Waals surface area contributed by atoms with Crippen LogP contribution in [-0.2, 0) is 4.79 Å². The first-order chi connectivity index (χ1) is 19.0. The second-order valence-electron chi connectivity index (χ2n) is 9.57. The maximum atomic E-state index is 12.9. The first-order valence-electron chi connectivity index (χ1n) is 13.2. The molecule has 0 bridgehead atoms. The van der Waals surface area contributed by atoms with Crippen LogP contribution in [0.3, 0.4) is 0 Å². The molecule has 204 valence electrons. The molecule has 0 aliphatic carbocycles. The number of piperazine rings is 2. The Hall–Kier alpha value is -2.78. The van der Waals surface area contributed by atoms with Crippen LogP contribution in [0.2, 0.25) is 10.2 Å². The van der Waals surface area contributed by atoms with Gasteiger partial charge in [-0.25, -0.2) is 9.97 Å². The number of hydrogen-bond donors (Lipinski definition) is 0. The molecule has 0 spiro atoms. The van der Waals surface area contributed by atoms with E-state index in [1.54, 1.807) is 0 Å². The predicted octanol–water partition coefficient (Wildman–Crippen LogP) is 5.06. The van der Waals surface area contributed by atoms with E-state index in [0.29, 0.717) is 29.2 Å². The highest BCUT2D eigenvalue weighted by molar-refractivity contribution is 7.99. The maximum Gasteiger partial charge on any atom is 0.233 e. The summed E-state index contributed by atoms with van der Waals surface area (Å²) in [5.74, 6) is 1.20. The highest BCUT2D eigenvalue weighted by Gasteiger charge is 2.23. The Labute approximate surface area is 244 Å². The fraction of sp³-hybridized carbons (Fsp3) is 0.345. The lowest BCUT2D eigenvalue weighted by Crippen LogP contribution is -2.49. The Balaban J connectivity index is 1.08. The van der Waals surface area contributed by atoms with E-state index in [-0.39, 0.29) is 5.91 Å². The molecule has 1 aromatic heterocycles. The van der Waals surface area contributed by atoms with Crippen molar-refractivity contribution in [1.29, 1.82) is 0 Å². The Kier molecular flexibility index (Phi) is 9.63. The normalized spacial score (nSPS) is 16.7. The van der Waals surface area contributed by atoms with Crippen molar-refractivity contribution in [2.45, 2.75) is 5.16 Å². The molecule has 2 fully saturated rings. The van der Waals surface area contributed by atoms with Gasteiger partial charge >= 0.3 is 0 Å². The SMILES string of the molecule is O=C(CSc1nc(Cl)cc(N2CCN(C/C=C/c3ccccc3)CC2)n1)N1CCN(c2cccc(Cl)c2)CC1. The molecule has 0 radical (unpaired) electrons. The van der Waals surface area contributed by atoms with E-state index in [1.165, 1.54) is 17.3 Å². The number of carbonyl (C=O) groups is 1. The third-order valence-electron chi connectivity index (χ3n) is 6.96. The molecule has 0 atom stereocenters. The molecule has 2 aliphatic rings. The number of aromatic nitrogens is 2. The zero-order valence-electron chi connectivity index (χ0n) is 21.8. The van der Waals surface area contributed by atoms with Gasteiger partial charge in [-0.15, -0.1) is 0 Å². The highest BCUT2D eigenvalue weighted by Crippen LogP contribution is 2.24. The number of halogens is 2. The van der Waals surface area contributed by atoms with Gasteiger partial charge in [0.15, 0.2) is 5.16 Å². The molecule has 0 unspecified atom stereocenters. The molecule has 3 heterocycles. The van der Waals surface area contributed by atoms with E-state index in [0.717, 1.165) is 62.3 Å². The number of thioether (sulfide) groups is 1. The van der Waals surface area contributed by atoms with Crippen LogP contribution in [0.5, 0.6) is 0 Å². The average Bonchev–Trinajstić information content (AvgIpc) is 2.97. The van der Waals surface area contributed by atoms with Gasteiger partial charge in [-0.1, -0.05) is 83.5 Å². The minimum atomic E-state index is 0.0908. The first kappa shape index (κ1) is 27.8. The van der Waals surface area contributed by atoms with Crippen molar-refractivity contribution in [3.63, 3.8) is 0 Å². The van der Waals surface area contributed by atoms with Gasteiger partial charge in [0.05, 0.1) is 5.75 Å². The van der Waals surface area contributed by atoms with Crippen LogP contribution in [-0.4, -0.2) is 90.3 Å². The minimum Gasteiger partial charge on any atom is -0.368 e. The Morgan fingerprint density at radius 1 is 0.846 bits per heavy atom. The van der Waals surface area contributed by atoms with Gasteiger partial charge < -0.3 is 14.7 Å². The molecule has 0 N–H and O–H groups in total. The number of anilines is 2. The largest absolute Gasteiger partial charge is 0.368 e. The van der Waals surface area contributed by atoms with Crippen molar-refractivity contribution in [3.8, 4) is 0 Å². The van der Waals surface area contributed by atoms with E-state index >= 15 is 0 Å². The lowest BCUT2D eigenvalue weighted by atomic mass is 10.2. The summed E-state index contributed by atoms with van der Waals surface area (Å²) in [6.07, 6.45) is 4.38. The highest BCUT2D eigenvalue weighted by atomic mass is 35.5. The fourth-order valence-electron chi connectivity index (χ4n) is 4.78. The smallest absolute Gasteiger partial charge is 0.233 e. The second kappa shape index (κ2) is 13.5. The molecule has 39 heavy (non-hydrogen) atoms. The van der Waals surface area contributed by atoms with Gasteiger partial charge in [0.2, 0.25) is 5.91 Å². The number of amides is 1. The van der Waals surface area contributed by atoms with E-state index in [4.69, 9.17) is 28.2 Å². The Morgan fingerprint density at radius 2 is 1.59 bits per heavy atom. The monoisotopic (exact) mass is 582 g/mol. The molecular formula is C29H32Cl2N6OS. The third-order valence-corrected chi connectivity index (χ3v) is 8.22. The van der Waals surface area contributed by atoms with Crippen molar-refractivity contribution in [2.75, 3.05) is 74.5 Å². The zero-order valence-corrected chi connectivity index (χ0v) is 24.1. The third kappa shape index (κ3) is 7.88. The zero-order chi connectivity index (χ0) is 27.0. The van der Waals surface area contributed by atoms with E-state index < -0.39 is 0 Å². The second-order valence-corrected chi connectivity index (χ2v) is 11.3. The quantitative estimate of drug-likeness (QED) is 0.209. The van der Waals surface area contributed by atoms with Crippen LogP contribution in [0.1, 0.15) is 5.56 Å². The van der Waals surface area contributed by atoms with Crippen LogP contribution < -0.4 is 9.80 Å². The summed E-state index contributed by atoms with van der Waals surface area (Å²) in [6, 6.07) is 20.0. The Morgan fingerprint density at radius 3 is 2.33 bits per heavy atom. The summed E-state index contributed by atoms with van der Waals surface area (Å²) < 4.78 is 0. The molecule has 10 heteroatoms. The molecule has 2 saturated heterocycles. The van der Waals surface area contributed by atoms with Gasteiger partial charge in [-0.2, -0.15) is 0 Å². The lowest BCUT2D eigenvalue weighted by Gasteiger charge is -2.36. The number of benzene rings is 2. The number of nitrogens with zero attached hydrogens (tertiary/aromatic N) is 6. The minimum absolute atomic E-state index is 0.0908. The Bertz CT molecular complexity index is 1280. The summed E-state index contributed by atoms with van der Waals surface area (Å²) in [7, 11) is 0. The molecule has 5 rings (SSSR count). The number of hydrogen-bond acceptors (Lipinski definition) is 7. The topological polar surface area (TPSA) is 55.8 Å². The summed E-state index contributed by atoms with van der Waals surface area (Å²) in [6.45, 7) is 7.47. The predicted molar refractivity (Wildman–Crippen MR) is 162 cm³/mol. The summed E-state index contributed by atoms with van der Waals surface area (Å²) in [5, 5.41) is 1.66. The van der Waals surface area contributed by atoms with E-state index in [1.807, 2.05) is 35.2 Å². The standard InChI is InChI=1S/C29H32Cl2N6OS/c30-24-9-4-10-25(20-24)35-16-18-37(19-17-35)28(38)22-39-29-32-26(31)21-27(33-29)36-14-12-34(13-15-36)11-5-8-23-6-2-1-3-7-23/h1-10,20-21H,11-19,22H2/b8-5+. The summed E-state index contributed by atoms with van der Waals surface area (Å²) in [5.41, 5.74) is 2.31. The van der Waals surface area contributed by atoms with E-state index in [9.17, 15) is 4.79 Å². The first-order valence-corrected chi connectivity index (χ1v) is 14.9. The van der Waals surface area contributed by atoms with Gasteiger partial charge in [-0.05, 0) is 23.8 Å². The molecule has 2 aromatic carbocycles. The van der Waals surface area contributed by atoms with Crippen molar-refractivity contribution < 1.29 is 4.79 Å². The molecule has 2 aliphatic heterocycles. The van der Waals surface area contributed by atoms with Crippen molar-refractivity contribution in [3.05, 3.63) is 82.5 Å². The van der Waals surface area contributed by atoms with Crippen LogP contribution >= 0.6 is 35.0 Å². The van der Waals surface area contributed by atoms with Crippen LogP contribution in [0.25, 0.3) is 6.08 Å². The van der Waals surface area contributed by atoms with E-state index in [2.05, 4.69) is 62.2 Å². The molecule has 7 nitrogen and oxygen atoms in total. The fourth-order valence-corrected chi connectivity index (χ4v) is 5.95. The molecule has 1 amide bonds. The maximum absolute atomic E-state index is 12.9. The number of carbonyl (C=O) groups excluding carboxylic acids is 1. The van der Waals surface area contributed by atoms with Crippen molar-refractivity contribution >= 4 is 58.5 Å². The van der Waals surface area contributed by atoms with Gasteiger partial charge in [-0.3, -0.25) is 9.69 Å². The summed E-state index contributed by atoms with van der Waals surface area (Å²) in [4.78, 5) is 30.8. The van der Waals surface area contributed by atoms with Crippen molar-refractivity contribution in [2.24, 2.45) is 0 Å².